The normalized spacial score (nSPS) is 21.6. The number of aromatic nitrogens is 2. The van der Waals surface area contributed by atoms with Gasteiger partial charge in [-0.3, -0.25) is 24.4 Å². The second kappa shape index (κ2) is 7.80. The van der Waals surface area contributed by atoms with Crippen LogP contribution in [0.1, 0.15) is 66.6 Å². The Morgan fingerprint density at radius 1 is 1.06 bits per heavy atom. The molecule has 2 aromatic rings. The summed E-state index contributed by atoms with van der Waals surface area (Å²) >= 11 is 0. The molecule has 0 saturated carbocycles. The van der Waals surface area contributed by atoms with Crippen LogP contribution in [0, 0.1) is 0 Å². The van der Waals surface area contributed by atoms with Crippen LogP contribution in [0.5, 0.6) is 0 Å². The molecule has 3 heterocycles. The fourth-order valence-corrected chi connectivity index (χ4v) is 5.00. The molecule has 0 spiro atoms. The Bertz CT molecular complexity index is 1110. The van der Waals surface area contributed by atoms with Crippen LogP contribution in [-0.2, 0) is 23.2 Å². The van der Waals surface area contributed by atoms with Crippen LogP contribution in [0.2, 0.25) is 0 Å². The van der Waals surface area contributed by atoms with Gasteiger partial charge < -0.3 is 4.90 Å². The SMILES string of the molecule is Cn1ncc(-c2ccc3c(c2)CN(C2CCC(=O)NC2=O)C3=O)c1C1=CCCCCC1. The minimum Gasteiger partial charge on any atom is -0.322 e. The summed E-state index contributed by atoms with van der Waals surface area (Å²) in [5, 5.41) is 6.88. The van der Waals surface area contributed by atoms with Gasteiger partial charge in [0, 0.05) is 31.1 Å². The van der Waals surface area contributed by atoms with Crippen molar-refractivity contribution in [3.05, 3.63) is 47.3 Å². The average Bonchev–Trinajstić information content (AvgIpc) is 3.15. The molecule has 5 rings (SSSR count). The molecule has 1 fully saturated rings. The smallest absolute Gasteiger partial charge is 0.255 e. The van der Waals surface area contributed by atoms with E-state index < -0.39 is 6.04 Å². The van der Waals surface area contributed by atoms with Gasteiger partial charge in [-0.05, 0) is 60.9 Å². The fraction of sp³-hybridized carbons (Fsp3) is 0.417. The second-order valence-electron chi connectivity index (χ2n) is 8.63. The lowest BCUT2D eigenvalue weighted by molar-refractivity contribution is -0.136. The first-order valence-electron chi connectivity index (χ1n) is 11.0. The van der Waals surface area contributed by atoms with E-state index in [0.29, 0.717) is 18.5 Å². The molecule has 7 heteroatoms. The molecular formula is C24H26N4O3. The molecule has 3 aliphatic rings. The Kier molecular flexibility index (Phi) is 4.96. The zero-order chi connectivity index (χ0) is 21.5. The van der Waals surface area contributed by atoms with Gasteiger partial charge in [0.05, 0.1) is 11.9 Å². The van der Waals surface area contributed by atoms with E-state index >= 15 is 0 Å². The highest BCUT2D eigenvalue weighted by Crippen LogP contribution is 2.36. The van der Waals surface area contributed by atoms with E-state index in [1.807, 2.05) is 30.1 Å². The first-order valence-corrected chi connectivity index (χ1v) is 11.0. The molecule has 0 bridgehead atoms. The van der Waals surface area contributed by atoms with Crippen molar-refractivity contribution in [2.24, 2.45) is 7.05 Å². The quantitative estimate of drug-likeness (QED) is 0.776. The maximum atomic E-state index is 13.0. The molecule has 1 aliphatic carbocycles. The maximum Gasteiger partial charge on any atom is 0.255 e. The Balaban J connectivity index is 1.46. The van der Waals surface area contributed by atoms with Crippen molar-refractivity contribution in [2.75, 3.05) is 0 Å². The Morgan fingerprint density at radius 3 is 2.77 bits per heavy atom. The minimum atomic E-state index is -0.592. The average molecular weight is 418 g/mol. The third-order valence-electron chi connectivity index (χ3n) is 6.62. The number of rotatable bonds is 3. The van der Waals surface area contributed by atoms with Crippen molar-refractivity contribution < 1.29 is 14.4 Å². The number of carbonyl (C=O) groups excluding carboxylic acids is 3. The number of carbonyl (C=O) groups is 3. The van der Waals surface area contributed by atoms with Crippen LogP contribution in [0.25, 0.3) is 16.7 Å². The third-order valence-corrected chi connectivity index (χ3v) is 6.62. The molecule has 1 unspecified atom stereocenters. The van der Waals surface area contributed by atoms with Crippen molar-refractivity contribution in [1.82, 2.24) is 20.0 Å². The summed E-state index contributed by atoms with van der Waals surface area (Å²) in [4.78, 5) is 38.3. The summed E-state index contributed by atoms with van der Waals surface area (Å²) in [5.41, 5.74) is 6.14. The fourth-order valence-electron chi connectivity index (χ4n) is 5.00. The molecule has 1 aromatic heterocycles. The lowest BCUT2D eigenvalue weighted by Crippen LogP contribution is -2.52. The van der Waals surface area contributed by atoms with Gasteiger partial charge in [0.2, 0.25) is 11.8 Å². The van der Waals surface area contributed by atoms with Gasteiger partial charge in [0.1, 0.15) is 6.04 Å². The molecule has 1 saturated heterocycles. The largest absolute Gasteiger partial charge is 0.322 e. The summed E-state index contributed by atoms with van der Waals surface area (Å²) in [5.74, 6) is -0.800. The molecule has 1 atom stereocenters. The number of hydrogen-bond donors (Lipinski definition) is 1. The summed E-state index contributed by atoms with van der Waals surface area (Å²) in [6.07, 6.45) is 10.7. The number of amides is 3. The van der Waals surface area contributed by atoms with E-state index in [-0.39, 0.29) is 24.1 Å². The molecular weight excluding hydrogens is 392 g/mol. The molecule has 1 N–H and O–H groups in total. The maximum absolute atomic E-state index is 13.0. The lowest BCUT2D eigenvalue weighted by Gasteiger charge is -2.29. The first kappa shape index (κ1) is 19.7. The van der Waals surface area contributed by atoms with Crippen LogP contribution in [0.3, 0.4) is 0 Å². The van der Waals surface area contributed by atoms with Crippen LogP contribution in [-0.4, -0.2) is 38.4 Å². The monoisotopic (exact) mass is 418 g/mol. The summed E-state index contributed by atoms with van der Waals surface area (Å²) in [7, 11) is 1.98. The van der Waals surface area contributed by atoms with E-state index in [1.54, 1.807) is 4.90 Å². The number of aryl methyl sites for hydroxylation is 1. The van der Waals surface area contributed by atoms with Crippen molar-refractivity contribution in [1.29, 1.82) is 0 Å². The number of nitrogens with zero attached hydrogens (tertiary/aromatic N) is 3. The molecule has 160 valence electrons. The van der Waals surface area contributed by atoms with Crippen molar-refractivity contribution >= 4 is 23.3 Å². The van der Waals surface area contributed by atoms with E-state index in [4.69, 9.17) is 0 Å². The number of imide groups is 1. The number of piperidine rings is 1. The van der Waals surface area contributed by atoms with Gasteiger partial charge in [-0.1, -0.05) is 18.6 Å². The Hall–Kier alpha value is -3.22. The number of hydrogen-bond acceptors (Lipinski definition) is 4. The van der Waals surface area contributed by atoms with E-state index in [9.17, 15) is 14.4 Å². The topological polar surface area (TPSA) is 84.3 Å². The van der Waals surface area contributed by atoms with Crippen LogP contribution in [0.4, 0.5) is 0 Å². The van der Waals surface area contributed by atoms with Gasteiger partial charge in [0.25, 0.3) is 5.91 Å². The van der Waals surface area contributed by atoms with E-state index in [2.05, 4.69) is 22.6 Å². The second-order valence-corrected chi connectivity index (χ2v) is 8.63. The first-order chi connectivity index (χ1) is 15.0. The Labute approximate surface area is 181 Å². The number of fused-ring (bicyclic) bond motifs is 1. The molecule has 1 aromatic carbocycles. The number of benzene rings is 1. The van der Waals surface area contributed by atoms with Crippen LogP contribution < -0.4 is 5.32 Å². The van der Waals surface area contributed by atoms with E-state index in [1.165, 1.54) is 24.8 Å². The highest BCUT2D eigenvalue weighted by atomic mass is 16.2. The van der Waals surface area contributed by atoms with Crippen LogP contribution >= 0.6 is 0 Å². The molecule has 2 aliphatic heterocycles. The van der Waals surface area contributed by atoms with Gasteiger partial charge in [0.15, 0.2) is 0 Å². The zero-order valence-corrected chi connectivity index (χ0v) is 17.7. The summed E-state index contributed by atoms with van der Waals surface area (Å²) in [6.45, 7) is 0.382. The zero-order valence-electron chi connectivity index (χ0n) is 17.7. The third kappa shape index (κ3) is 3.48. The summed E-state index contributed by atoms with van der Waals surface area (Å²) < 4.78 is 1.94. The van der Waals surface area contributed by atoms with Gasteiger partial charge >= 0.3 is 0 Å². The molecule has 7 nitrogen and oxygen atoms in total. The Morgan fingerprint density at radius 2 is 1.94 bits per heavy atom. The summed E-state index contributed by atoms with van der Waals surface area (Å²) in [6, 6.07) is 5.29. The van der Waals surface area contributed by atoms with Gasteiger partial charge in [-0.25, -0.2) is 0 Å². The predicted molar refractivity (Wildman–Crippen MR) is 116 cm³/mol. The van der Waals surface area contributed by atoms with Gasteiger partial charge in [-0.15, -0.1) is 0 Å². The van der Waals surface area contributed by atoms with E-state index in [0.717, 1.165) is 35.2 Å². The molecule has 3 amide bonds. The molecule has 0 radical (unpaired) electrons. The molecule has 31 heavy (non-hydrogen) atoms. The van der Waals surface area contributed by atoms with Crippen molar-refractivity contribution in [2.45, 2.75) is 57.5 Å². The van der Waals surface area contributed by atoms with Crippen molar-refractivity contribution in [3.63, 3.8) is 0 Å². The standard InChI is InChI=1S/C24H26N4O3/c1-27-22(15-6-4-2-3-5-7-15)19(13-25-27)16-8-9-18-17(12-16)14-28(24(18)31)20-10-11-21(29)26-23(20)30/h6,8-9,12-13,20H,2-5,7,10-11,14H2,1H3,(H,26,29,30). The predicted octanol–water partition coefficient (Wildman–Crippen LogP) is 3.20. The number of nitrogens with one attached hydrogen (secondary N) is 1. The number of allylic oxidation sites excluding steroid dienone is 2. The highest BCUT2D eigenvalue weighted by Gasteiger charge is 2.39. The van der Waals surface area contributed by atoms with Crippen LogP contribution in [0.15, 0.2) is 30.5 Å². The minimum absolute atomic E-state index is 0.145. The highest BCUT2D eigenvalue weighted by molar-refractivity contribution is 6.05. The van der Waals surface area contributed by atoms with Gasteiger partial charge in [-0.2, -0.15) is 5.10 Å². The van der Waals surface area contributed by atoms with Crippen molar-refractivity contribution in [3.8, 4) is 11.1 Å². The lowest BCUT2D eigenvalue weighted by atomic mass is 9.96.